The molecule has 1 atom stereocenters. The van der Waals surface area contributed by atoms with E-state index in [-0.39, 0.29) is 0 Å². The van der Waals surface area contributed by atoms with Crippen molar-refractivity contribution in [1.29, 1.82) is 0 Å². The summed E-state index contributed by atoms with van der Waals surface area (Å²) in [6.07, 6.45) is 6.90. The van der Waals surface area contributed by atoms with Gasteiger partial charge < -0.3 is 5.32 Å². The molecule has 0 spiro atoms. The van der Waals surface area contributed by atoms with Gasteiger partial charge in [-0.15, -0.1) is 0 Å². The van der Waals surface area contributed by atoms with E-state index in [1.54, 1.807) is 0 Å². The summed E-state index contributed by atoms with van der Waals surface area (Å²) in [5.74, 6) is 0. The maximum Gasteiger partial charge on any atom is 0.0287 e. The molecule has 1 unspecified atom stereocenters. The molecule has 3 heteroatoms. The van der Waals surface area contributed by atoms with Crippen molar-refractivity contribution in [2.75, 3.05) is 26.2 Å². The smallest absolute Gasteiger partial charge is 0.0287 e. The molecule has 0 aromatic rings. The highest BCUT2D eigenvalue weighted by atomic mass is 15.6. The van der Waals surface area contributed by atoms with Gasteiger partial charge in [0, 0.05) is 38.3 Å². The summed E-state index contributed by atoms with van der Waals surface area (Å²) < 4.78 is 0. The van der Waals surface area contributed by atoms with Gasteiger partial charge in [-0.3, -0.25) is 0 Å². The lowest BCUT2D eigenvalue weighted by Crippen LogP contribution is -2.55. The molecule has 0 aliphatic carbocycles. The number of hydrogen-bond acceptors (Lipinski definition) is 3. The van der Waals surface area contributed by atoms with Crippen molar-refractivity contribution in [2.45, 2.75) is 58.0 Å². The van der Waals surface area contributed by atoms with Gasteiger partial charge in [0.2, 0.25) is 0 Å². The van der Waals surface area contributed by atoms with Gasteiger partial charge in [0.05, 0.1) is 0 Å². The van der Waals surface area contributed by atoms with Crippen LogP contribution in [0.4, 0.5) is 0 Å². The first-order valence-corrected chi connectivity index (χ1v) is 7.01. The summed E-state index contributed by atoms with van der Waals surface area (Å²) >= 11 is 0. The zero-order valence-corrected chi connectivity index (χ0v) is 10.9. The summed E-state index contributed by atoms with van der Waals surface area (Å²) in [5, 5.41) is 8.88. The molecule has 94 valence electrons. The fraction of sp³-hybridized carbons (Fsp3) is 1.00. The molecule has 16 heavy (non-hydrogen) atoms. The van der Waals surface area contributed by atoms with Gasteiger partial charge in [0.25, 0.3) is 0 Å². The van der Waals surface area contributed by atoms with Crippen LogP contribution in [-0.4, -0.2) is 48.3 Å². The van der Waals surface area contributed by atoms with Crippen molar-refractivity contribution in [3.63, 3.8) is 0 Å². The lowest BCUT2D eigenvalue weighted by molar-refractivity contribution is -0.0604. The minimum absolute atomic E-state index is 0.617. The van der Waals surface area contributed by atoms with E-state index >= 15 is 0 Å². The monoisotopic (exact) mass is 225 g/mol. The van der Waals surface area contributed by atoms with Gasteiger partial charge in [0.15, 0.2) is 0 Å². The Balaban J connectivity index is 1.80. The highest BCUT2D eigenvalue weighted by Gasteiger charge is 2.25. The van der Waals surface area contributed by atoms with Crippen molar-refractivity contribution >= 4 is 0 Å². The van der Waals surface area contributed by atoms with E-state index < -0.39 is 0 Å². The molecule has 0 saturated carbocycles. The van der Waals surface area contributed by atoms with E-state index in [4.69, 9.17) is 0 Å². The lowest BCUT2D eigenvalue weighted by Gasteiger charge is -2.42. The number of hydrogen-bond donors (Lipinski definition) is 1. The highest BCUT2D eigenvalue weighted by Crippen LogP contribution is 2.17. The van der Waals surface area contributed by atoms with Crippen LogP contribution in [0, 0.1) is 0 Å². The summed E-state index contributed by atoms with van der Waals surface area (Å²) in [6.45, 7) is 9.57. The standard InChI is InChI=1S/C13H27N3/c1-12(2)14-13-7-6-10-16(11-13)15-8-4-3-5-9-15/h12-14H,3-11H2,1-2H3. The molecule has 0 aromatic carbocycles. The van der Waals surface area contributed by atoms with Gasteiger partial charge in [-0.2, -0.15) is 0 Å². The first-order chi connectivity index (χ1) is 7.75. The summed E-state index contributed by atoms with van der Waals surface area (Å²) in [5.41, 5.74) is 0. The molecular weight excluding hydrogens is 198 g/mol. The molecule has 0 radical (unpaired) electrons. The first kappa shape index (κ1) is 12.3. The molecule has 0 aromatic heterocycles. The Bertz CT molecular complexity index is 199. The van der Waals surface area contributed by atoms with Crippen molar-refractivity contribution in [1.82, 2.24) is 15.3 Å². The van der Waals surface area contributed by atoms with Crippen LogP contribution in [0.5, 0.6) is 0 Å². The fourth-order valence-electron chi connectivity index (χ4n) is 2.98. The minimum Gasteiger partial charge on any atom is -0.310 e. The largest absolute Gasteiger partial charge is 0.310 e. The van der Waals surface area contributed by atoms with Gasteiger partial charge in [-0.05, 0) is 25.7 Å². The van der Waals surface area contributed by atoms with E-state index in [1.165, 1.54) is 58.3 Å². The lowest BCUT2D eigenvalue weighted by atomic mass is 10.1. The Morgan fingerprint density at radius 3 is 2.31 bits per heavy atom. The van der Waals surface area contributed by atoms with E-state index in [0.717, 1.165) is 0 Å². The van der Waals surface area contributed by atoms with Crippen LogP contribution in [0.1, 0.15) is 46.0 Å². The minimum atomic E-state index is 0.617. The van der Waals surface area contributed by atoms with Crippen molar-refractivity contribution < 1.29 is 0 Å². The maximum absolute atomic E-state index is 3.68. The number of rotatable bonds is 3. The Labute approximate surface area is 100 Å². The third kappa shape index (κ3) is 3.44. The molecule has 2 aliphatic rings. The topological polar surface area (TPSA) is 18.5 Å². The van der Waals surface area contributed by atoms with Crippen LogP contribution in [0.15, 0.2) is 0 Å². The second kappa shape index (κ2) is 5.99. The van der Waals surface area contributed by atoms with E-state index in [1.807, 2.05) is 0 Å². The number of nitrogens with one attached hydrogen (secondary N) is 1. The average molecular weight is 225 g/mol. The molecule has 0 bridgehead atoms. The van der Waals surface area contributed by atoms with Crippen molar-refractivity contribution in [2.24, 2.45) is 0 Å². The number of hydrazine groups is 1. The van der Waals surface area contributed by atoms with Gasteiger partial charge >= 0.3 is 0 Å². The number of piperidine rings is 2. The van der Waals surface area contributed by atoms with Crippen molar-refractivity contribution in [3.05, 3.63) is 0 Å². The third-order valence-electron chi connectivity index (χ3n) is 3.70. The molecule has 2 rings (SSSR count). The molecule has 1 N–H and O–H groups in total. The van der Waals surface area contributed by atoms with E-state index in [9.17, 15) is 0 Å². The van der Waals surface area contributed by atoms with Crippen LogP contribution in [-0.2, 0) is 0 Å². The first-order valence-electron chi connectivity index (χ1n) is 7.01. The fourth-order valence-corrected chi connectivity index (χ4v) is 2.98. The zero-order chi connectivity index (χ0) is 11.4. The molecular formula is C13H27N3. The molecule has 2 fully saturated rings. The second-order valence-electron chi connectivity index (χ2n) is 5.59. The highest BCUT2D eigenvalue weighted by molar-refractivity contribution is 4.79. The zero-order valence-electron chi connectivity index (χ0n) is 10.9. The summed E-state index contributed by atoms with van der Waals surface area (Å²) in [4.78, 5) is 0. The van der Waals surface area contributed by atoms with E-state index in [0.29, 0.717) is 12.1 Å². The van der Waals surface area contributed by atoms with Crippen molar-refractivity contribution in [3.8, 4) is 0 Å². The van der Waals surface area contributed by atoms with Crippen LogP contribution >= 0.6 is 0 Å². The van der Waals surface area contributed by atoms with Gasteiger partial charge in [-0.1, -0.05) is 20.3 Å². The maximum atomic E-state index is 3.68. The Morgan fingerprint density at radius 2 is 1.62 bits per heavy atom. The van der Waals surface area contributed by atoms with Crippen LogP contribution in [0.2, 0.25) is 0 Å². The quantitative estimate of drug-likeness (QED) is 0.791. The predicted octanol–water partition coefficient (Wildman–Crippen LogP) is 1.85. The Morgan fingerprint density at radius 1 is 0.938 bits per heavy atom. The SMILES string of the molecule is CC(C)NC1CCCN(N2CCCCC2)C1. The van der Waals surface area contributed by atoms with Crippen LogP contribution in [0.3, 0.4) is 0 Å². The molecule has 3 nitrogen and oxygen atoms in total. The Hall–Kier alpha value is -0.120. The molecule has 2 heterocycles. The van der Waals surface area contributed by atoms with Gasteiger partial charge in [0.1, 0.15) is 0 Å². The summed E-state index contributed by atoms with van der Waals surface area (Å²) in [6, 6.07) is 1.32. The average Bonchev–Trinajstić information content (AvgIpc) is 2.30. The molecule has 2 saturated heterocycles. The van der Waals surface area contributed by atoms with Gasteiger partial charge in [-0.25, -0.2) is 10.0 Å². The summed E-state index contributed by atoms with van der Waals surface area (Å²) in [7, 11) is 0. The molecule has 0 amide bonds. The Kier molecular flexibility index (Phi) is 4.62. The van der Waals surface area contributed by atoms with E-state index in [2.05, 4.69) is 29.2 Å². The predicted molar refractivity (Wildman–Crippen MR) is 68.3 cm³/mol. The molecule has 2 aliphatic heterocycles. The van der Waals surface area contributed by atoms with Crippen LogP contribution < -0.4 is 5.32 Å². The number of nitrogens with zero attached hydrogens (tertiary/aromatic N) is 2. The third-order valence-corrected chi connectivity index (χ3v) is 3.70. The van der Waals surface area contributed by atoms with Crippen LogP contribution in [0.25, 0.3) is 0 Å². The second-order valence-corrected chi connectivity index (χ2v) is 5.59. The normalized spacial score (nSPS) is 29.8.